The van der Waals surface area contributed by atoms with E-state index < -0.39 is 0 Å². The second-order valence-electron chi connectivity index (χ2n) is 13.3. The minimum atomic E-state index is 0.156. The van der Waals surface area contributed by atoms with Gasteiger partial charge in [-0.2, -0.15) is 0 Å². The summed E-state index contributed by atoms with van der Waals surface area (Å²) < 4.78 is 0. The van der Waals surface area contributed by atoms with Crippen molar-refractivity contribution in [1.82, 2.24) is 0 Å². The van der Waals surface area contributed by atoms with Crippen LogP contribution in [0.5, 0.6) is 0 Å². The average Bonchev–Trinajstić information content (AvgIpc) is 3.41. The largest absolute Gasteiger partial charge is 0.393 e. The third kappa shape index (κ3) is 0.803. The van der Waals surface area contributed by atoms with Gasteiger partial charge in [0.2, 0.25) is 0 Å². The van der Waals surface area contributed by atoms with Gasteiger partial charge < -0.3 is 5.11 Å². The minimum Gasteiger partial charge on any atom is -0.393 e. The zero-order chi connectivity index (χ0) is 15.2. The van der Waals surface area contributed by atoms with Crippen molar-refractivity contribution < 1.29 is 5.11 Å². The Morgan fingerprint density at radius 1 is 0.360 bits per heavy atom. The summed E-state index contributed by atoms with van der Waals surface area (Å²) >= 11 is 0. The van der Waals surface area contributed by atoms with E-state index in [1.807, 2.05) is 0 Å². The predicted octanol–water partition coefficient (Wildman–Crippen LogP) is 2.99. The molecule has 21 atom stereocenters. The molecule has 11 aliphatic carbocycles. The molecule has 1 heteroatoms. The standard InChI is InChI=1S/C24H28O/c25-24-22-16-12-8-2-4-1-5(4)9(8)13(12)17(16)20(22)21-18-14-10-6-3-7(6)11(10)15(14)19(18)23(21)24/h4-25H,1-3H2/t4?,5?,6?,7?,8?,9?,10?,11?,12?,13-,14?,15?,16?,17?,18?,19?,20?,21?,22?,23?,24?/m1/s1. The second kappa shape index (κ2) is 2.90. The molecular formula is C24H28O. The number of hydrogen-bond acceptors (Lipinski definition) is 1. The molecule has 1 N–H and O–H groups in total. The Balaban J connectivity index is 0.984. The lowest BCUT2D eigenvalue weighted by molar-refractivity contribution is -0.362. The lowest BCUT2D eigenvalue weighted by atomic mass is 9.22. The Morgan fingerprint density at radius 3 is 1.48 bits per heavy atom. The summed E-state index contributed by atoms with van der Waals surface area (Å²) in [6.07, 6.45) is 5.00. The van der Waals surface area contributed by atoms with Gasteiger partial charge in [-0.15, -0.1) is 0 Å². The molecule has 0 aromatic rings. The Hall–Kier alpha value is -0.0400. The molecule has 0 spiro atoms. The van der Waals surface area contributed by atoms with Gasteiger partial charge in [-0.1, -0.05) is 0 Å². The van der Waals surface area contributed by atoms with Crippen LogP contribution in [0.4, 0.5) is 0 Å². The molecule has 0 aromatic heterocycles. The number of aliphatic hydroxyl groups is 1. The van der Waals surface area contributed by atoms with E-state index in [-0.39, 0.29) is 6.10 Å². The van der Waals surface area contributed by atoms with Gasteiger partial charge >= 0.3 is 0 Å². The summed E-state index contributed by atoms with van der Waals surface area (Å²) in [6, 6.07) is 0. The molecule has 1 nitrogen and oxygen atoms in total. The van der Waals surface area contributed by atoms with Crippen molar-refractivity contribution in [3.63, 3.8) is 0 Å². The van der Waals surface area contributed by atoms with Crippen LogP contribution in [-0.2, 0) is 0 Å². The lowest BCUT2D eigenvalue weighted by Crippen LogP contribution is -2.80. The fraction of sp³-hybridized carbons (Fsp3) is 1.00. The van der Waals surface area contributed by atoms with Crippen LogP contribution >= 0.6 is 0 Å². The van der Waals surface area contributed by atoms with Crippen LogP contribution in [-0.4, -0.2) is 11.2 Å². The molecule has 0 bridgehead atoms. The molecule has 11 rings (SSSR count). The van der Waals surface area contributed by atoms with Gasteiger partial charge in [0.05, 0.1) is 6.10 Å². The number of fused-ring (bicyclic) bond motifs is 26. The number of rotatable bonds is 0. The van der Waals surface area contributed by atoms with Crippen molar-refractivity contribution in [3.8, 4) is 0 Å². The Morgan fingerprint density at radius 2 is 0.800 bits per heavy atom. The van der Waals surface area contributed by atoms with E-state index in [4.69, 9.17) is 0 Å². The average molecular weight is 332 g/mol. The summed E-state index contributed by atoms with van der Waals surface area (Å²) in [7, 11) is 0. The smallest absolute Gasteiger partial charge is 0.0607 e. The van der Waals surface area contributed by atoms with Gasteiger partial charge in [-0.05, 0) is 138 Å². The van der Waals surface area contributed by atoms with E-state index >= 15 is 0 Å². The highest BCUT2D eigenvalue weighted by molar-refractivity contribution is 5.38. The molecule has 11 fully saturated rings. The van der Waals surface area contributed by atoms with Gasteiger partial charge in [-0.3, -0.25) is 0 Å². The van der Waals surface area contributed by atoms with Gasteiger partial charge in [0.25, 0.3) is 0 Å². The molecule has 0 aromatic carbocycles. The van der Waals surface area contributed by atoms with Gasteiger partial charge in [0.1, 0.15) is 0 Å². The molecule has 0 saturated heterocycles. The molecule has 0 radical (unpaired) electrons. The topological polar surface area (TPSA) is 20.2 Å². The zero-order valence-electron chi connectivity index (χ0n) is 14.7. The van der Waals surface area contributed by atoms with E-state index in [9.17, 15) is 5.11 Å². The maximum absolute atomic E-state index is 11.4. The minimum absolute atomic E-state index is 0.156. The Bertz CT molecular complexity index is 804. The van der Waals surface area contributed by atoms with E-state index in [0.717, 1.165) is 65.1 Å². The van der Waals surface area contributed by atoms with Crippen LogP contribution in [0.25, 0.3) is 0 Å². The van der Waals surface area contributed by atoms with E-state index in [2.05, 4.69) is 0 Å². The molecule has 11 aliphatic rings. The molecule has 0 amide bonds. The van der Waals surface area contributed by atoms with Crippen LogP contribution in [0.2, 0.25) is 0 Å². The fourth-order valence-electron chi connectivity index (χ4n) is 14.0. The summed E-state index contributed by atoms with van der Waals surface area (Å²) in [5.74, 6) is 22.1. The van der Waals surface area contributed by atoms with Crippen molar-refractivity contribution in [2.75, 3.05) is 0 Å². The lowest BCUT2D eigenvalue weighted by Gasteiger charge is -2.82. The first-order chi connectivity index (χ1) is 12.4. The third-order valence-corrected chi connectivity index (χ3v) is 14.1. The second-order valence-corrected chi connectivity index (χ2v) is 13.3. The van der Waals surface area contributed by atoms with E-state index in [0.29, 0.717) is 0 Å². The fourth-order valence-corrected chi connectivity index (χ4v) is 14.0. The van der Waals surface area contributed by atoms with Gasteiger partial charge in [-0.25, -0.2) is 0 Å². The van der Waals surface area contributed by atoms with Gasteiger partial charge in [0, 0.05) is 0 Å². The number of aliphatic hydroxyl groups excluding tert-OH is 1. The van der Waals surface area contributed by atoms with Crippen molar-refractivity contribution >= 4 is 0 Å². The van der Waals surface area contributed by atoms with Gasteiger partial charge in [0.15, 0.2) is 0 Å². The SMILES string of the molecule is OC1C2C3C4C5C6CC6C5C4C3C2C2C1C1C3C4CC5CC5C4[C@H]3C21. The monoisotopic (exact) mass is 332 g/mol. The normalized spacial score (nSPS) is 93.7. The van der Waals surface area contributed by atoms with Crippen molar-refractivity contribution in [2.24, 2.45) is 118 Å². The molecule has 0 heterocycles. The summed E-state index contributed by atoms with van der Waals surface area (Å²) in [6.45, 7) is 0. The number of hydrogen-bond donors (Lipinski definition) is 1. The van der Waals surface area contributed by atoms with Crippen molar-refractivity contribution in [1.29, 1.82) is 0 Å². The summed E-state index contributed by atoms with van der Waals surface area (Å²) in [5.41, 5.74) is 0. The zero-order valence-corrected chi connectivity index (χ0v) is 14.7. The summed E-state index contributed by atoms with van der Waals surface area (Å²) in [5, 5.41) is 11.4. The van der Waals surface area contributed by atoms with E-state index in [1.165, 1.54) is 53.3 Å². The third-order valence-electron chi connectivity index (χ3n) is 14.1. The van der Waals surface area contributed by atoms with Crippen LogP contribution in [0, 0.1) is 118 Å². The van der Waals surface area contributed by atoms with Crippen molar-refractivity contribution in [3.05, 3.63) is 0 Å². The summed E-state index contributed by atoms with van der Waals surface area (Å²) in [4.78, 5) is 0. The van der Waals surface area contributed by atoms with Crippen LogP contribution in [0.3, 0.4) is 0 Å². The first kappa shape index (κ1) is 11.7. The van der Waals surface area contributed by atoms with Crippen LogP contribution in [0.1, 0.15) is 19.3 Å². The quantitative estimate of drug-likeness (QED) is 0.676. The predicted molar refractivity (Wildman–Crippen MR) is 89.7 cm³/mol. The van der Waals surface area contributed by atoms with Crippen LogP contribution in [0.15, 0.2) is 0 Å². The molecule has 20 unspecified atom stereocenters. The van der Waals surface area contributed by atoms with E-state index in [1.54, 1.807) is 19.3 Å². The molecule has 25 heavy (non-hydrogen) atoms. The highest BCUT2D eigenvalue weighted by Crippen LogP contribution is 2.93. The first-order valence-corrected chi connectivity index (χ1v) is 12.0. The Kier molecular flexibility index (Phi) is 1.36. The molecule has 11 saturated carbocycles. The maximum Gasteiger partial charge on any atom is 0.0607 e. The highest BCUT2D eigenvalue weighted by Gasteiger charge is 2.91. The molecule has 0 aliphatic heterocycles. The maximum atomic E-state index is 11.4. The van der Waals surface area contributed by atoms with Crippen molar-refractivity contribution in [2.45, 2.75) is 25.4 Å². The highest BCUT2D eigenvalue weighted by atomic mass is 16.3. The van der Waals surface area contributed by atoms with Crippen LogP contribution < -0.4 is 0 Å². The molecular weight excluding hydrogens is 304 g/mol. The Labute approximate surface area is 149 Å². The molecule has 130 valence electrons. The first-order valence-electron chi connectivity index (χ1n) is 12.0.